The summed E-state index contributed by atoms with van der Waals surface area (Å²) in [6.07, 6.45) is 0.0987. The van der Waals surface area contributed by atoms with Gasteiger partial charge >= 0.3 is 0 Å². The van der Waals surface area contributed by atoms with E-state index in [1.165, 1.54) is 7.11 Å². The second-order valence-corrected chi connectivity index (χ2v) is 6.09. The minimum Gasteiger partial charge on any atom is -0.493 e. The van der Waals surface area contributed by atoms with Gasteiger partial charge in [-0.05, 0) is 55.8 Å². The zero-order valence-corrected chi connectivity index (χ0v) is 16.7. The topological polar surface area (TPSA) is 79.9 Å². The van der Waals surface area contributed by atoms with Crippen LogP contribution < -0.4 is 25.2 Å². The number of hydrogen-bond donors (Lipinski definition) is 2. The quantitative estimate of drug-likeness (QED) is 0.683. The van der Waals surface area contributed by atoms with Gasteiger partial charge in [0.2, 0.25) is 5.91 Å². The molecule has 2 amide bonds. The molecule has 7 nitrogen and oxygen atoms in total. The van der Waals surface area contributed by atoms with Gasteiger partial charge in [-0.1, -0.05) is 6.07 Å². The van der Waals surface area contributed by atoms with Crippen molar-refractivity contribution in [2.45, 2.75) is 20.3 Å². The summed E-state index contributed by atoms with van der Waals surface area (Å²) in [5.74, 6) is 0.435. The maximum Gasteiger partial charge on any atom is 0.269 e. The number of ether oxygens (including phenoxy) is 2. The molecule has 0 bridgehead atoms. The normalized spacial score (nSPS) is 10.1. The zero-order valence-electron chi connectivity index (χ0n) is 16.7. The van der Waals surface area contributed by atoms with Gasteiger partial charge in [-0.3, -0.25) is 20.4 Å². The average Bonchev–Trinajstić information content (AvgIpc) is 2.73. The third kappa shape index (κ3) is 5.39. The summed E-state index contributed by atoms with van der Waals surface area (Å²) >= 11 is 0. The molecule has 0 aliphatic heterocycles. The first-order chi connectivity index (χ1) is 13.5. The molecule has 0 heterocycles. The van der Waals surface area contributed by atoms with E-state index >= 15 is 0 Å². The van der Waals surface area contributed by atoms with E-state index in [2.05, 4.69) is 29.6 Å². The molecule has 7 heteroatoms. The first-order valence-electron chi connectivity index (χ1n) is 9.17. The Kier molecular flexibility index (Phi) is 7.68. The molecule has 0 spiro atoms. The summed E-state index contributed by atoms with van der Waals surface area (Å²) in [5, 5.41) is 0. The van der Waals surface area contributed by atoms with E-state index in [0.29, 0.717) is 17.1 Å². The van der Waals surface area contributed by atoms with E-state index in [9.17, 15) is 9.59 Å². The Hall–Kier alpha value is -3.22. The number of methoxy groups -OCH3 is 2. The molecule has 0 radical (unpaired) electrons. The van der Waals surface area contributed by atoms with Crippen molar-refractivity contribution in [3.8, 4) is 11.5 Å². The van der Waals surface area contributed by atoms with Gasteiger partial charge in [0.25, 0.3) is 5.91 Å². The van der Waals surface area contributed by atoms with Gasteiger partial charge in [0.05, 0.1) is 20.6 Å². The third-order valence-electron chi connectivity index (χ3n) is 4.39. The van der Waals surface area contributed by atoms with Crippen LogP contribution in [0.4, 0.5) is 5.69 Å². The molecule has 28 heavy (non-hydrogen) atoms. The van der Waals surface area contributed by atoms with E-state index in [1.54, 1.807) is 37.4 Å². The monoisotopic (exact) mass is 385 g/mol. The lowest BCUT2D eigenvalue weighted by molar-refractivity contribution is -0.121. The highest BCUT2D eigenvalue weighted by molar-refractivity contribution is 5.95. The standard InChI is InChI=1S/C21H27N3O4/c1-5-24(6-2)17-10-8-16(9-11-17)21(26)23-22-20(25)14-15-7-12-18(27-3)19(13-15)28-4/h7-13H,5-6,14H2,1-4H3,(H,22,25)(H,23,26). The van der Waals surface area contributed by atoms with Crippen molar-refractivity contribution in [1.82, 2.24) is 10.9 Å². The van der Waals surface area contributed by atoms with Crippen LogP contribution in [-0.2, 0) is 11.2 Å². The fourth-order valence-corrected chi connectivity index (χ4v) is 2.83. The Bertz CT molecular complexity index is 802. The van der Waals surface area contributed by atoms with Gasteiger partial charge in [-0.2, -0.15) is 0 Å². The highest BCUT2D eigenvalue weighted by Crippen LogP contribution is 2.27. The van der Waals surface area contributed by atoms with Crippen molar-refractivity contribution in [2.24, 2.45) is 0 Å². The summed E-state index contributed by atoms with van der Waals surface area (Å²) in [6.45, 7) is 5.96. The fraction of sp³-hybridized carbons (Fsp3) is 0.333. The molecule has 2 aromatic rings. The summed E-state index contributed by atoms with van der Waals surface area (Å²) in [7, 11) is 3.09. The molecule has 2 rings (SSSR count). The molecule has 0 saturated heterocycles. The first kappa shape index (κ1) is 21.1. The van der Waals surface area contributed by atoms with Gasteiger partial charge in [0.1, 0.15) is 0 Å². The van der Waals surface area contributed by atoms with Crippen molar-refractivity contribution in [3.05, 3.63) is 53.6 Å². The highest BCUT2D eigenvalue weighted by atomic mass is 16.5. The minimum atomic E-state index is -0.369. The van der Waals surface area contributed by atoms with E-state index < -0.39 is 0 Å². The number of hydrogen-bond acceptors (Lipinski definition) is 5. The zero-order chi connectivity index (χ0) is 20.5. The van der Waals surface area contributed by atoms with Gasteiger partial charge in [0.15, 0.2) is 11.5 Å². The lowest BCUT2D eigenvalue weighted by Crippen LogP contribution is -2.42. The molecule has 0 atom stereocenters. The van der Waals surface area contributed by atoms with Crippen molar-refractivity contribution in [2.75, 3.05) is 32.2 Å². The molecule has 150 valence electrons. The van der Waals surface area contributed by atoms with Crippen LogP contribution in [-0.4, -0.2) is 39.1 Å². The number of rotatable bonds is 8. The number of carbonyl (C=O) groups is 2. The number of amides is 2. The summed E-state index contributed by atoms with van der Waals surface area (Å²) in [5.41, 5.74) is 7.15. The van der Waals surface area contributed by atoms with E-state index in [0.717, 1.165) is 24.3 Å². The summed E-state index contributed by atoms with van der Waals surface area (Å²) in [4.78, 5) is 26.5. The van der Waals surface area contributed by atoms with E-state index in [-0.39, 0.29) is 18.2 Å². The Morgan fingerprint density at radius 2 is 1.54 bits per heavy atom. The van der Waals surface area contributed by atoms with Crippen LogP contribution in [0.2, 0.25) is 0 Å². The third-order valence-corrected chi connectivity index (χ3v) is 4.39. The van der Waals surface area contributed by atoms with Gasteiger partial charge < -0.3 is 14.4 Å². The second-order valence-electron chi connectivity index (χ2n) is 6.09. The van der Waals surface area contributed by atoms with Gasteiger partial charge in [-0.25, -0.2) is 0 Å². The highest BCUT2D eigenvalue weighted by Gasteiger charge is 2.11. The average molecular weight is 385 g/mol. The van der Waals surface area contributed by atoms with Crippen LogP contribution in [0, 0.1) is 0 Å². The molecule has 2 N–H and O–H groups in total. The smallest absolute Gasteiger partial charge is 0.269 e. The number of benzene rings is 2. The van der Waals surface area contributed by atoms with Crippen LogP contribution in [0.1, 0.15) is 29.8 Å². The fourth-order valence-electron chi connectivity index (χ4n) is 2.83. The first-order valence-corrected chi connectivity index (χ1v) is 9.17. The Labute approximate surface area is 165 Å². The van der Waals surface area contributed by atoms with Gasteiger partial charge in [-0.15, -0.1) is 0 Å². The molecule has 0 aliphatic rings. The van der Waals surface area contributed by atoms with Crippen LogP contribution >= 0.6 is 0 Å². The van der Waals surface area contributed by atoms with Crippen LogP contribution in [0.15, 0.2) is 42.5 Å². The van der Waals surface area contributed by atoms with E-state index in [4.69, 9.17) is 9.47 Å². The van der Waals surface area contributed by atoms with Crippen LogP contribution in [0.3, 0.4) is 0 Å². The van der Waals surface area contributed by atoms with Crippen LogP contribution in [0.5, 0.6) is 11.5 Å². The number of hydrazine groups is 1. The number of anilines is 1. The lowest BCUT2D eigenvalue weighted by atomic mass is 10.1. The van der Waals surface area contributed by atoms with Crippen molar-refractivity contribution < 1.29 is 19.1 Å². The molecule has 0 fully saturated rings. The molecule has 0 unspecified atom stereocenters. The second kappa shape index (κ2) is 10.2. The number of carbonyl (C=O) groups excluding carboxylic acids is 2. The summed E-state index contributed by atoms with van der Waals surface area (Å²) < 4.78 is 10.4. The maximum atomic E-state index is 12.2. The summed E-state index contributed by atoms with van der Waals surface area (Å²) in [6, 6.07) is 12.5. The molecule has 2 aromatic carbocycles. The van der Waals surface area contributed by atoms with Crippen LogP contribution in [0.25, 0.3) is 0 Å². The number of nitrogens with zero attached hydrogens (tertiary/aromatic N) is 1. The minimum absolute atomic E-state index is 0.0987. The number of nitrogens with one attached hydrogen (secondary N) is 2. The Balaban J connectivity index is 1.91. The van der Waals surface area contributed by atoms with E-state index in [1.807, 2.05) is 12.1 Å². The molecular weight excluding hydrogens is 358 g/mol. The Morgan fingerprint density at radius 3 is 2.11 bits per heavy atom. The van der Waals surface area contributed by atoms with Crippen molar-refractivity contribution in [1.29, 1.82) is 0 Å². The molecule has 0 saturated carbocycles. The molecule has 0 aromatic heterocycles. The SMILES string of the molecule is CCN(CC)c1ccc(C(=O)NNC(=O)Cc2ccc(OC)c(OC)c2)cc1. The predicted molar refractivity (Wildman–Crippen MR) is 109 cm³/mol. The van der Waals surface area contributed by atoms with Gasteiger partial charge in [0, 0.05) is 24.3 Å². The van der Waals surface area contributed by atoms with Crippen molar-refractivity contribution >= 4 is 17.5 Å². The largest absolute Gasteiger partial charge is 0.493 e. The van der Waals surface area contributed by atoms with Crippen molar-refractivity contribution in [3.63, 3.8) is 0 Å². The predicted octanol–water partition coefficient (Wildman–Crippen LogP) is 2.55. The molecule has 0 aliphatic carbocycles. The lowest BCUT2D eigenvalue weighted by Gasteiger charge is -2.21. The molecular formula is C21H27N3O4. The maximum absolute atomic E-state index is 12.2. The Morgan fingerprint density at radius 1 is 0.893 bits per heavy atom.